The van der Waals surface area contributed by atoms with Crippen LogP contribution in [-0.4, -0.2) is 0 Å². The molecule has 0 aliphatic heterocycles. The maximum absolute atomic E-state index is 6.15. The SMILES string of the molecule is Cc1ccc(CC(NN)c2ccc(Br)c(Cl)c2)cc1C. The smallest absolute Gasteiger partial charge is 0.0551 e. The molecule has 0 bridgehead atoms. The Morgan fingerprint density at radius 1 is 1.15 bits per heavy atom. The van der Waals surface area contributed by atoms with E-state index in [1.807, 2.05) is 18.2 Å². The van der Waals surface area contributed by atoms with Crippen LogP contribution in [0.5, 0.6) is 0 Å². The summed E-state index contributed by atoms with van der Waals surface area (Å²) in [6.07, 6.45) is 0.829. The summed E-state index contributed by atoms with van der Waals surface area (Å²) in [6.45, 7) is 4.24. The Balaban J connectivity index is 2.23. The van der Waals surface area contributed by atoms with E-state index in [9.17, 15) is 0 Å². The number of rotatable bonds is 4. The fraction of sp³-hybridized carbons (Fsp3) is 0.250. The highest BCUT2D eigenvalue weighted by Crippen LogP contribution is 2.27. The Morgan fingerprint density at radius 2 is 1.90 bits per heavy atom. The van der Waals surface area contributed by atoms with E-state index in [1.165, 1.54) is 16.7 Å². The third kappa shape index (κ3) is 3.61. The summed E-state index contributed by atoms with van der Waals surface area (Å²) in [5.41, 5.74) is 7.82. The topological polar surface area (TPSA) is 38.0 Å². The molecule has 1 atom stereocenters. The predicted molar refractivity (Wildman–Crippen MR) is 88.8 cm³/mol. The molecule has 2 rings (SSSR count). The molecule has 2 aromatic rings. The molecule has 0 aromatic heterocycles. The van der Waals surface area contributed by atoms with Gasteiger partial charge >= 0.3 is 0 Å². The molecule has 0 aliphatic rings. The Labute approximate surface area is 133 Å². The van der Waals surface area contributed by atoms with Crippen LogP contribution in [0.3, 0.4) is 0 Å². The first-order valence-electron chi connectivity index (χ1n) is 6.48. The van der Waals surface area contributed by atoms with Crippen LogP contribution >= 0.6 is 27.5 Å². The quantitative estimate of drug-likeness (QED) is 0.629. The van der Waals surface area contributed by atoms with Crippen LogP contribution in [0.15, 0.2) is 40.9 Å². The molecule has 0 aliphatic carbocycles. The molecule has 4 heteroatoms. The predicted octanol–water partition coefficient (Wildman–Crippen LogP) is 4.47. The highest BCUT2D eigenvalue weighted by atomic mass is 79.9. The van der Waals surface area contributed by atoms with Crippen molar-refractivity contribution in [3.05, 3.63) is 68.1 Å². The van der Waals surface area contributed by atoms with Crippen LogP contribution in [0.4, 0.5) is 0 Å². The third-order valence-electron chi connectivity index (χ3n) is 3.56. The fourth-order valence-electron chi connectivity index (χ4n) is 2.17. The number of nitrogens with one attached hydrogen (secondary N) is 1. The number of nitrogens with two attached hydrogens (primary N) is 1. The first-order chi connectivity index (χ1) is 9.51. The minimum absolute atomic E-state index is 0.0442. The normalized spacial score (nSPS) is 12.4. The zero-order valence-electron chi connectivity index (χ0n) is 11.6. The summed E-state index contributed by atoms with van der Waals surface area (Å²) in [6, 6.07) is 12.5. The molecule has 3 N–H and O–H groups in total. The first kappa shape index (κ1) is 15.5. The van der Waals surface area contributed by atoms with Crippen molar-refractivity contribution in [2.24, 2.45) is 5.84 Å². The molecule has 106 valence electrons. The molecule has 2 aromatic carbocycles. The van der Waals surface area contributed by atoms with Gasteiger partial charge in [-0.3, -0.25) is 11.3 Å². The first-order valence-corrected chi connectivity index (χ1v) is 7.65. The molecular weight excluding hydrogens is 336 g/mol. The van der Waals surface area contributed by atoms with E-state index < -0.39 is 0 Å². The summed E-state index contributed by atoms with van der Waals surface area (Å²) >= 11 is 9.55. The lowest BCUT2D eigenvalue weighted by Gasteiger charge is -2.18. The van der Waals surface area contributed by atoms with Gasteiger partial charge in [-0.15, -0.1) is 0 Å². The van der Waals surface area contributed by atoms with E-state index in [0.29, 0.717) is 5.02 Å². The van der Waals surface area contributed by atoms with Gasteiger partial charge in [0, 0.05) is 4.47 Å². The summed E-state index contributed by atoms with van der Waals surface area (Å²) in [5.74, 6) is 5.70. The number of benzene rings is 2. The van der Waals surface area contributed by atoms with E-state index >= 15 is 0 Å². The van der Waals surface area contributed by atoms with Gasteiger partial charge in [-0.25, -0.2) is 0 Å². The van der Waals surface area contributed by atoms with E-state index in [2.05, 4.69) is 53.4 Å². The number of halogens is 2. The fourth-order valence-corrected chi connectivity index (χ4v) is 2.60. The van der Waals surface area contributed by atoms with Crippen molar-refractivity contribution < 1.29 is 0 Å². The largest absolute Gasteiger partial charge is 0.271 e. The van der Waals surface area contributed by atoms with Gasteiger partial charge in [0.15, 0.2) is 0 Å². The highest BCUT2D eigenvalue weighted by molar-refractivity contribution is 9.10. The van der Waals surface area contributed by atoms with Crippen LogP contribution in [0.2, 0.25) is 5.02 Å². The van der Waals surface area contributed by atoms with Crippen LogP contribution in [0, 0.1) is 13.8 Å². The molecule has 0 heterocycles. The zero-order chi connectivity index (χ0) is 14.7. The number of hydrogen-bond acceptors (Lipinski definition) is 2. The van der Waals surface area contributed by atoms with Crippen molar-refractivity contribution in [2.45, 2.75) is 26.3 Å². The molecule has 0 saturated carbocycles. The van der Waals surface area contributed by atoms with Gasteiger partial charge in [0.2, 0.25) is 0 Å². The molecular formula is C16H18BrClN2. The Kier molecular flexibility index (Phi) is 5.22. The Bertz CT molecular complexity index is 613. The lowest BCUT2D eigenvalue weighted by atomic mass is 9.97. The standard InChI is InChI=1S/C16H18BrClN2/c1-10-3-4-12(7-11(10)2)8-16(20-19)13-5-6-14(17)15(18)9-13/h3-7,9,16,20H,8,19H2,1-2H3. The minimum atomic E-state index is 0.0442. The third-order valence-corrected chi connectivity index (χ3v) is 4.79. The summed E-state index contributed by atoms with van der Waals surface area (Å²) in [4.78, 5) is 0. The second-order valence-corrected chi connectivity index (χ2v) is 6.28. The second-order valence-electron chi connectivity index (χ2n) is 5.02. The molecule has 0 spiro atoms. The van der Waals surface area contributed by atoms with Crippen LogP contribution in [0.25, 0.3) is 0 Å². The summed E-state index contributed by atoms with van der Waals surface area (Å²) < 4.78 is 0.893. The Morgan fingerprint density at radius 3 is 2.50 bits per heavy atom. The van der Waals surface area contributed by atoms with Gasteiger partial charge in [-0.2, -0.15) is 0 Å². The van der Waals surface area contributed by atoms with Gasteiger partial charge in [0.25, 0.3) is 0 Å². The lowest BCUT2D eigenvalue weighted by molar-refractivity contribution is 0.552. The van der Waals surface area contributed by atoms with Crippen LogP contribution in [0.1, 0.15) is 28.3 Å². The van der Waals surface area contributed by atoms with Crippen molar-refractivity contribution in [3.8, 4) is 0 Å². The maximum Gasteiger partial charge on any atom is 0.0551 e. The van der Waals surface area contributed by atoms with Crippen LogP contribution < -0.4 is 11.3 Å². The second kappa shape index (κ2) is 6.72. The van der Waals surface area contributed by atoms with Crippen molar-refractivity contribution >= 4 is 27.5 Å². The van der Waals surface area contributed by atoms with Gasteiger partial charge in [-0.05, 0) is 70.6 Å². The molecule has 1 unspecified atom stereocenters. The van der Waals surface area contributed by atoms with E-state index in [-0.39, 0.29) is 6.04 Å². The molecule has 0 fully saturated rings. The van der Waals surface area contributed by atoms with Crippen molar-refractivity contribution in [3.63, 3.8) is 0 Å². The summed E-state index contributed by atoms with van der Waals surface area (Å²) in [7, 11) is 0. The van der Waals surface area contributed by atoms with Crippen molar-refractivity contribution in [2.75, 3.05) is 0 Å². The van der Waals surface area contributed by atoms with Gasteiger partial charge in [-0.1, -0.05) is 35.9 Å². The molecule has 20 heavy (non-hydrogen) atoms. The van der Waals surface area contributed by atoms with E-state index in [0.717, 1.165) is 16.5 Å². The van der Waals surface area contributed by atoms with Crippen molar-refractivity contribution in [1.29, 1.82) is 0 Å². The van der Waals surface area contributed by atoms with Crippen molar-refractivity contribution in [1.82, 2.24) is 5.43 Å². The average molecular weight is 354 g/mol. The highest BCUT2D eigenvalue weighted by Gasteiger charge is 2.12. The number of hydrogen-bond donors (Lipinski definition) is 2. The molecule has 2 nitrogen and oxygen atoms in total. The monoisotopic (exact) mass is 352 g/mol. The number of aryl methyl sites for hydroxylation is 2. The van der Waals surface area contributed by atoms with Gasteiger partial charge in [0.1, 0.15) is 0 Å². The molecule has 0 amide bonds. The maximum atomic E-state index is 6.15. The van der Waals surface area contributed by atoms with E-state index in [4.69, 9.17) is 17.4 Å². The average Bonchev–Trinajstić information content (AvgIpc) is 2.43. The lowest BCUT2D eigenvalue weighted by Crippen LogP contribution is -2.29. The van der Waals surface area contributed by atoms with Gasteiger partial charge in [0.05, 0.1) is 11.1 Å². The Hall–Kier alpha value is -0.870. The minimum Gasteiger partial charge on any atom is -0.271 e. The van der Waals surface area contributed by atoms with Gasteiger partial charge < -0.3 is 0 Å². The van der Waals surface area contributed by atoms with Crippen LogP contribution in [-0.2, 0) is 6.42 Å². The molecule has 0 radical (unpaired) electrons. The summed E-state index contributed by atoms with van der Waals surface area (Å²) in [5, 5.41) is 0.697. The zero-order valence-corrected chi connectivity index (χ0v) is 13.9. The number of hydrazine groups is 1. The molecule has 0 saturated heterocycles. The van der Waals surface area contributed by atoms with E-state index in [1.54, 1.807) is 0 Å².